The second-order valence-electron chi connectivity index (χ2n) is 6.70. The number of hydrogen-bond acceptors (Lipinski definition) is 6. The third-order valence-corrected chi connectivity index (χ3v) is 4.88. The number of hydrogen-bond donors (Lipinski definition) is 2. The fraction of sp³-hybridized carbons (Fsp3) is 0.174. The van der Waals surface area contributed by atoms with Gasteiger partial charge in [-0.2, -0.15) is 5.26 Å². The topological polar surface area (TPSA) is 123 Å². The molecule has 1 heterocycles. The first-order valence-corrected chi connectivity index (χ1v) is 9.37. The number of benzene rings is 2. The van der Waals surface area contributed by atoms with Gasteiger partial charge in [0.1, 0.15) is 23.2 Å². The summed E-state index contributed by atoms with van der Waals surface area (Å²) in [7, 11) is 0. The Morgan fingerprint density at radius 2 is 2.00 bits per heavy atom. The molecule has 158 valence electrons. The molecule has 1 unspecified atom stereocenters. The molecule has 0 aliphatic carbocycles. The van der Waals surface area contributed by atoms with Gasteiger partial charge in [-0.25, -0.2) is 14.0 Å². The quantitative estimate of drug-likeness (QED) is 0.702. The predicted molar refractivity (Wildman–Crippen MR) is 109 cm³/mol. The summed E-state index contributed by atoms with van der Waals surface area (Å²) in [5, 5.41) is 18.8. The molecule has 7 nitrogen and oxygen atoms in total. The van der Waals surface area contributed by atoms with Gasteiger partial charge in [0.05, 0.1) is 23.7 Å². The molecule has 1 aliphatic rings. The van der Waals surface area contributed by atoms with Crippen LogP contribution in [0.3, 0.4) is 0 Å². The van der Waals surface area contributed by atoms with Crippen molar-refractivity contribution in [1.82, 2.24) is 0 Å². The van der Waals surface area contributed by atoms with Crippen molar-refractivity contribution >= 4 is 11.9 Å². The van der Waals surface area contributed by atoms with Gasteiger partial charge >= 0.3 is 11.9 Å². The number of aromatic carboxylic acids is 1. The molecule has 31 heavy (non-hydrogen) atoms. The third-order valence-electron chi connectivity index (χ3n) is 4.88. The fourth-order valence-corrected chi connectivity index (χ4v) is 3.53. The lowest BCUT2D eigenvalue weighted by molar-refractivity contribution is -0.139. The zero-order valence-electron chi connectivity index (χ0n) is 16.8. The van der Waals surface area contributed by atoms with Crippen LogP contribution in [-0.2, 0) is 14.3 Å². The maximum atomic E-state index is 14.4. The molecule has 1 aliphatic heterocycles. The van der Waals surface area contributed by atoms with Crippen LogP contribution in [0, 0.1) is 17.1 Å². The van der Waals surface area contributed by atoms with E-state index in [0.717, 1.165) is 12.1 Å². The zero-order valence-corrected chi connectivity index (χ0v) is 16.8. The summed E-state index contributed by atoms with van der Waals surface area (Å²) in [5.74, 6) is -3.79. The van der Waals surface area contributed by atoms with Crippen molar-refractivity contribution in [2.24, 2.45) is 5.73 Å². The standard InChI is InChI=1S/C23H19FN2O5/c1-3-30-23(29)19-12(2)31-21(26)17(11-25)20(19)15-7-5-4-6-14(15)13-8-9-16(22(27)28)18(24)10-13/h4-10,20H,3,26H2,1-2H3,(H,27,28). The van der Waals surface area contributed by atoms with Gasteiger partial charge in [-0.05, 0) is 42.7 Å². The number of nitriles is 1. The summed E-state index contributed by atoms with van der Waals surface area (Å²) in [6, 6.07) is 12.5. The monoisotopic (exact) mass is 422 g/mol. The Labute approximate surface area is 177 Å². The van der Waals surface area contributed by atoms with Crippen LogP contribution in [0.25, 0.3) is 11.1 Å². The van der Waals surface area contributed by atoms with Crippen molar-refractivity contribution in [1.29, 1.82) is 5.26 Å². The Morgan fingerprint density at radius 1 is 1.29 bits per heavy atom. The molecular formula is C23H19FN2O5. The molecule has 2 aromatic rings. The van der Waals surface area contributed by atoms with Crippen molar-refractivity contribution < 1.29 is 28.6 Å². The normalized spacial score (nSPS) is 15.9. The molecular weight excluding hydrogens is 403 g/mol. The SMILES string of the molecule is CCOC(=O)C1=C(C)OC(N)=C(C#N)C1c1ccccc1-c1ccc(C(=O)O)c(F)c1. The summed E-state index contributed by atoms with van der Waals surface area (Å²) in [5.41, 5.74) is 6.98. The average Bonchev–Trinajstić information content (AvgIpc) is 2.73. The summed E-state index contributed by atoms with van der Waals surface area (Å²) < 4.78 is 24.9. The van der Waals surface area contributed by atoms with Crippen molar-refractivity contribution in [2.75, 3.05) is 6.61 Å². The lowest BCUT2D eigenvalue weighted by atomic mass is 9.79. The van der Waals surface area contributed by atoms with Gasteiger partial charge in [0.15, 0.2) is 0 Å². The van der Waals surface area contributed by atoms with Gasteiger partial charge in [0.2, 0.25) is 5.88 Å². The number of halogens is 1. The minimum absolute atomic E-state index is 0.0173. The second-order valence-corrected chi connectivity index (χ2v) is 6.70. The van der Waals surface area contributed by atoms with Crippen LogP contribution in [0.4, 0.5) is 4.39 Å². The number of carboxylic acid groups (broad SMARTS) is 1. The lowest BCUT2D eigenvalue weighted by Gasteiger charge is -2.28. The van der Waals surface area contributed by atoms with Crippen LogP contribution in [-0.4, -0.2) is 23.7 Å². The fourth-order valence-electron chi connectivity index (χ4n) is 3.53. The second kappa shape index (κ2) is 8.71. The largest absolute Gasteiger partial charge is 0.478 e. The van der Waals surface area contributed by atoms with E-state index in [1.165, 1.54) is 6.07 Å². The van der Waals surface area contributed by atoms with E-state index < -0.39 is 29.2 Å². The highest BCUT2D eigenvalue weighted by molar-refractivity contribution is 5.93. The van der Waals surface area contributed by atoms with Crippen molar-refractivity contribution in [2.45, 2.75) is 19.8 Å². The van der Waals surface area contributed by atoms with Crippen LogP contribution in [0.5, 0.6) is 0 Å². The van der Waals surface area contributed by atoms with E-state index in [1.54, 1.807) is 38.1 Å². The molecule has 1 atom stereocenters. The number of allylic oxidation sites excluding steroid dienone is 2. The molecule has 0 bridgehead atoms. The molecule has 2 aromatic carbocycles. The molecule has 3 N–H and O–H groups in total. The van der Waals surface area contributed by atoms with E-state index in [1.807, 2.05) is 6.07 Å². The summed E-state index contributed by atoms with van der Waals surface area (Å²) in [6.07, 6.45) is 0. The first-order chi connectivity index (χ1) is 14.8. The van der Waals surface area contributed by atoms with Crippen molar-refractivity contribution in [3.8, 4) is 17.2 Å². The molecule has 0 aromatic heterocycles. The van der Waals surface area contributed by atoms with Crippen LogP contribution in [0.2, 0.25) is 0 Å². The van der Waals surface area contributed by atoms with Gasteiger partial charge in [-0.15, -0.1) is 0 Å². The van der Waals surface area contributed by atoms with Crippen molar-refractivity contribution in [3.05, 3.63) is 82.2 Å². The Bertz CT molecular complexity index is 1180. The maximum Gasteiger partial charge on any atom is 0.338 e. The zero-order chi connectivity index (χ0) is 22.7. The van der Waals surface area contributed by atoms with Gasteiger partial charge < -0.3 is 20.3 Å². The highest BCUT2D eigenvalue weighted by Crippen LogP contribution is 2.43. The molecule has 0 radical (unpaired) electrons. The third kappa shape index (κ3) is 3.98. The summed E-state index contributed by atoms with van der Waals surface area (Å²) >= 11 is 0. The highest BCUT2D eigenvalue weighted by Gasteiger charge is 2.37. The van der Waals surface area contributed by atoms with Gasteiger partial charge in [-0.1, -0.05) is 30.3 Å². The van der Waals surface area contributed by atoms with E-state index in [0.29, 0.717) is 16.7 Å². The van der Waals surface area contributed by atoms with E-state index in [4.69, 9.17) is 20.3 Å². The van der Waals surface area contributed by atoms with E-state index in [9.17, 15) is 19.2 Å². The maximum absolute atomic E-state index is 14.4. The van der Waals surface area contributed by atoms with Gasteiger partial charge in [-0.3, -0.25) is 0 Å². The van der Waals surface area contributed by atoms with Crippen LogP contribution in [0.15, 0.2) is 65.3 Å². The molecule has 3 rings (SSSR count). The minimum atomic E-state index is -1.38. The van der Waals surface area contributed by atoms with Crippen molar-refractivity contribution in [3.63, 3.8) is 0 Å². The number of carbonyl (C=O) groups excluding carboxylic acids is 1. The Kier molecular flexibility index (Phi) is 6.07. The Hall–Kier alpha value is -4.12. The number of carbonyl (C=O) groups is 2. The number of esters is 1. The summed E-state index contributed by atoms with van der Waals surface area (Å²) in [6.45, 7) is 3.32. The summed E-state index contributed by atoms with van der Waals surface area (Å²) in [4.78, 5) is 23.9. The number of carboxylic acids is 1. The molecule has 0 saturated carbocycles. The average molecular weight is 422 g/mol. The van der Waals surface area contributed by atoms with E-state index in [-0.39, 0.29) is 29.4 Å². The van der Waals surface area contributed by atoms with Crippen LogP contribution >= 0.6 is 0 Å². The molecule has 0 fully saturated rings. The van der Waals surface area contributed by atoms with E-state index >= 15 is 0 Å². The Balaban J connectivity index is 2.24. The van der Waals surface area contributed by atoms with Gasteiger partial charge in [0.25, 0.3) is 0 Å². The van der Waals surface area contributed by atoms with E-state index in [2.05, 4.69) is 0 Å². The van der Waals surface area contributed by atoms with Crippen LogP contribution < -0.4 is 5.73 Å². The minimum Gasteiger partial charge on any atom is -0.478 e. The molecule has 0 amide bonds. The van der Waals surface area contributed by atoms with Crippen LogP contribution in [0.1, 0.15) is 35.7 Å². The molecule has 0 saturated heterocycles. The number of ether oxygens (including phenoxy) is 2. The Morgan fingerprint density at radius 3 is 2.61 bits per heavy atom. The first kappa shape index (κ1) is 21.6. The van der Waals surface area contributed by atoms with Gasteiger partial charge in [0, 0.05) is 0 Å². The number of nitrogens with two attached hydrogens (primary N) is 1. The first-order valence-electron chi connectivity index (χ1n) is 9.37. The smallest absolute Gasteiger partial charge is 0.338 e. The number of rotatable bonds is 5. The number of nitrogens with zero attached hydrogens (tertiary/aromatic N) is 1. The molecule has 0 spiro atoms. The lowest BCUT2D eigenvalue weighted by Crippen LogP contribution is -2.26. The molecule has 8 heteroatoms. The highest BCUT2D eigenvalue weighted by atomic mass is 19.1. The predicted octanol–water partition coefficient (Wildman–Crippen LogP) is 3.84.